The predicted molar refractivity (Wildman–Crippen MR) is 203 cm³/mol. The second kappa shape index (κ2) is 10.6. The van der Waals surface area contributed by atoms with Gasteiger partial charge in [-0.25, -0.2) is 9.97 Å². The minimum absolute atomic E-state index is 0.880. The van der Waals surface area contributed by atoms with Crippen molar-refractivity contribution in [3.63, 3.8) is 0 Å². The average molecular weight is 609 g/mol. The molecule has 222 valence electrons. The van der Waals surface area contributed by atoms with Crippen molar-refractivity contribution in [2.24, 2.45) is 0 Å². The minimum atomic E-state index is 0.880. The zero-order chi connectivity index (χ0) is 31.6. The van der Waals surface area contributed by atoms with E-state index in [9.17, 15) is 0 Å². The van der Waals surface area contributed by atoms with Crippen molar-refractivity contribution in [2.75, 3.05) is 0 Å². The number of hydrogen-bond donors (Lipinski definition) is 0. The largest absolute Gasteiger partial charge is 0.243 e. The van der Waals surface area contributed by atoms with Gasteiger partial charge in [0, 0.05) is 21.9 Å². The minimum Gasteiger partial charge on any atom is -0.243 e. The van der Waals surface area contributed by atoms with Crippen LogP contribution in [0.5, 0.6) is 0 Å². The van der Waals surface area contributed by atoms with E-state index >= 15 is 0 Å². The van der Waals surface area contributed by atoms with E-state index in [2.05, 4.69) is 170 Å². The molecule has 0 aliphatic rings. The van der Waals surface area contributed by atoms with E-state index in [0.29, 0.717) is 0 Å². The van der Waals surface area contributed by atoms with Crippen LogP contribution in [0.2, 0.25) is 0 Å². The van der Waals surface area contributed by atoms with E-state index in [1.54, 1.807) is 0 Å². The number of nitrogens with zero attached hydrogens (tertiary/aromatic N) is 2. The van der Waals surface area contributed by atoms with Crippen molar-refractivity contribution >= 4 is 64.9 Å². The van der Waals surface area contributed by atoms with Gasteiger partial charge in [-0.3, -0.25) is 0 Å². The lowest BCUT2D eigenvalue weighted by Crippen LogP contribution is -1.98. The highest BCUT2D eigenvalue weighted by Crippen LogP contribution is 2.40. The van der Waals surface area contributed by atoms with Crippen LogP contribution in [0, 0.1) is 0 Å². The number of fused-ring (bicyclic) bond motifs is 11. The molecule has 0 spiro atoms. The van der Waals surface area contributed by atoms with Crippen molar-refractivity contribution in [2.45, 2.75) is 0 Å². The second-order valence-electron chi connectivity index (χ2n) is 12.5. The van der Waals surface area contributed by atoms with Crippen molar-refractivity contribution < 1.29 is 0 Å². The van der Waals surface area contributed by atoms with E-state index in [1.807, 2.05) is 0 Å². The van der Waals surface area contributed by atoms with E-state index in [-0.39, 0.29) is 0 Å². The van der Waals surface area contributed by atoms with Gasteiger partial charge in [-0.2, -0.15) is 0 Å². The molecule has 10 rings (SSSR count). The molecule has 48 heavy (non-hydrogen) atoms. The average Bonchev–Trinajstić information content (AvgIpc) is 3.17. The summed E-state index contributed by atoms with van der Waals surface area (Å²) in [5, 5.41) is 12.0. The first-order valence-electron chi connectivity index (χ1n) is 16.4. The Morgan fingerprint density at radius 1 is 0.250 bits per heavy atom. The van der Waals surface area contributed by atoms with Crippen molar-refractivity contribution in [3.8, 4) is 33.6 Å². The second-order valence-corrected chi connectivity index (χ2v) is 12.5. The molecule has 1 heterocycles. The highest BCUT2D eigenvalue weighted by molar-refractivity contribution is 6.24. The number of rotatable bonds is 3. The van der Waals surface area contributed by atoms with Gasteiger partial charge in [0.05, 0.1) is 22.4 Å². The molecule has 0 bridgehead atoms. The van der Waals surface area contributed by atoms with Crippen LogP contribution in [0.15, 0.2) is 170 Å². The fourth-order valence-corrected chi connectivity index (χ4v) is 7.50. The summed E-state index contributed by atoms with van der Waals surface area (Å²) in [5.41, 5.74) is 8.03. The molecular formula is C46H28N2. The van der Waals surface area contributed by atoms with Crippen LogP contribution in [0.25, 0.3) is 98.5 Å². The van der Waals surface area contributed by atoms with Gasteiger partial charge in [-0.15, -0.1) is 0 Å². The zero-order valence-corrected chi connectivity index (χ0v) is 26.1. The van der Waals surface area contributed by atoms with Gasteiger partial charge in [0.25, 0.3) is 0 Å². The quantitative estimate of drug-likeness (QED) is 0.187. The molecular weight excluding hydrogens is 581 g/mol. The Balaban J connectivity index is 1.31. The van der Waals surface area contributed by atoms with Crippen molar-refractivity contribution in [3.05, 3.63) is 170 Å². The maximum absolute atomic E-state index is 5.58. The first-order valence-corrected chi connectivity index (χ1v) is 16.4. The summed E-state index contributed by atoms with van der Waals surface area (Å²) in [4.78, 5) is 11.1. The van der Waals surface area contributed by atoms with Crippen LogP contribution in [-0.4, -0.2) is 9.97 Å². The third-order valence-corrected chi connectivity index (χ3v) is 9.81. The molecule has 0 unspecified atom stereocenters. The maximum Gasteiger partial charge on any atom is 0.0979 e. The Labute approximate surface area is 277 Å². The Morgan fingerprint density at radius 3 is 1.40 bits per heavy atom. The van der Waals surface area contributed by atoms with Crippen molar-refractivity contribution in [1.82, 2.24) is 9.97 Å². The van der Waals surface area contributed by atoms with E-state index in [4.69, 9.17) is 9.97 Å². The highest BCUT2D eigenvalue weighted by atomic mass is 14.8. The molecule has 10 aromatic rings. The molecule has 0 atom stereocenters. The Hall–Kier alpha value is -6.38. The molecule has 9 aromatic carbocycles. The predicted octanol–water partition coefficient (Wildman–Crippen LogP) is 12.4. The lowest BCUT2D eigenvalue weighted by atomic mass is 9.93. The summed E-state index contributed by atoms with van der Waals surface area (Å²) in [6.45, 7) is 0. The van der Waals surface area contributed by atoms with Crippen molar-refractivity contribution in [1.29, 1.82) is 0 Å². The fraction of sp³-hybridized carbons (Fsp3) is 0. The van der Waals surface area contributed by atoms with Crippen LogP contribution >= 0.6 is 0 Å². The van der Waals surface area contributed by atoms with Gasteiger partial charge < -0.3 is 0 Å². The van der Waals surface area contributed by atoms with Gasteiger partial charge in [0.1, 0.15) is 0 Å². The monoisotopic (exact) mass is 608 g/mol. The molecule has 0 saturated carbocycles. The molecule has 0 radical (unpaired) electrons. The van der Waals surface area contributed by atoms with Gasteiger partial charge in [0.2, 0.25) is 0 Å². The van der Waals surface area contributed by atoms with Gasteiger partial charge in [-0.1, -0.05) is 158 Å². The highest BCUT2D eigenvalue weighted by Gasteiger charge is 2.19. The van der Waals surface area contributed by atoms with Crippen LogP contribution in [0.3, 0.4) is 0 Å². The molecule has 2 nitrogen and oxygen atoms in total. The third kappa shape index (κ3) is 4.13. The molecule has 0 saturated heterocycles. The molecule has 1 aromatic heterocycles. The smallest absolute Gasteiger partial charge is 0.0979 e. The van der Waals surface area contributed by atoms with Crippen LogP contribution in [-0.2, 0) is 0 Å². The molecule has 0 amide bonds. The molecule has 0 aliphatic carbocycles. The topological polar surface area (TPSA) is 25.8 Å². The lowest BCUT2D eigenvalue weighted by Gasteiger charge is -2.16. The fourth-order valence-electron chi connectivity index (χ4n) is 7.50. The van der Waals surface area contributed by atoms with E-state index in [1.165, 1.54) is 48.7 Å². The molecule has 0 N–H and O–H groups in total. The number of benzene rings is 9. The van der Waals surface area contributed by atoms with Crippen LogP contribution in [0.1, 0.15) is 0 Å². The summed E-state index contributed by atoms with van der Waals surface area (Å²) in [5.74, 6) is 0. The summed E-state index contributed by atoms with van der Waals surface area (Å²) < 4.78 is 0. The zero-order valence-electron chi connectivity index (χ0n) is 26.1. The van der Waals surface area contributed by atoms with Crippen LogP contribution < -0.4 is 0 Å². The number of hydrogen-bond acceptors (Lipinski definition) is 2. The van der Waals surface area contributed by atoms with Gasteiger partial charge in [0.15, 0.2) is 0 Å². The first kappa shape index (κ1) is 26.8. The maximum atomic E-state index is 5.58. The molecule has 0 aliphatic heterocycles. The Bertz CT molecular complexity index is 2890. The molecule has 2 heteroatoms. The van der Waals surface area contributed by atoms with Crippen LogP contribution in [0.4, 0.5) is 0 Å². The normalized spacial score (nSPS) is 11.8. The summed E-state index contributed by atoms with van der Waals surface area (Å²) >= 11 is 0. The summed E-state index contributed by atoms with van der Waals surface area (Å²) in [7, 11) is 0. The first-order chi connectivity index (χ1) is 23.8. The lowest BCUT2D eigenvalue weighted by molar-refractivity contribution is 1.31. The number of aromatic nitrogens is 2. The Kier molecular flexibility index (Phi) is 5.91. The Morgan fingerprint density at radius 2 is 0.708 bits per heavy atom. The van der Waals surface area contributed by atoms with Gasteiger partial charge >= 0.3 is 0 Å². The van der Waals surface area contributed by atoms with E-state index in [0.717, 1.165) is 49.9 Å². The SMILES string of the molecule is c1ccc(-c2cccc(-c3nc4c5ccccc5c5ccccc5c4nc3-c3ccc4ccc5c6ccccc6ccc5c4c3)c2)cc1. The third-order valence-electron chi connectivity index (χ3n) is 9.81. The standard InChI is InChI=1S/C46H28N2/c1-2-11-29(12-3-1)32-14-10-15-33(27-32)43-44(48-46-41-20-9-7-18-37(41)36-17-6-8-19-40(36)45(46)47-43)34-22-21-31-24-25-38-35-16-5-4-13-30(35)23-26-39(38)42(31)28-34/h1-28H. The van der Waals surface area contributed by atoms with Gasteiger partial charge in [-0.05, 0) is 66.3 Å². The summed E-state index contributed by atoms with van der Waals surface area (Å²) in [6.07, 6.45) is 0. The summed E-state index contributed by atoms with van der Waals surface area (Å²) in [6, 6.07) is 60.8. The molecule has 0 fully saturated rings. The van der Waals surface area contributed by atoms with E-state index < -0.39 is 0 Å².